The molecule has 0 fully saturated rings. The lowest BCUT2D eigenvalue weighted by Gasteiger charge is -1.91. The van der Waals surface area contributed by atoms with Gasteiger partial charge in [-0.3, -0.25) is 0 Å². The fourth-order valence-corrected chi connectivity index (χ4v) is 1.64. The predicted octanol–water partition coefficient (Wildman–Crippen LogP) is 3.04. The first-order chi connectivity index (χ1) is 6.79. The van der Waals surface area contributed by atoms with Gasteiger partial charge in [0.15, 0.2) is 0 Å². The maximum absolute atomic E-state index is 5.23. The van der Waals surface area contributed by atoms with Crippen molar-refractivity contribution in [3.05, 3.63) is 35.5 Å². The van der Waals surface area contributed by atoms with Crippen LogP contribution in [0.25, 0.3) is 10.9 Å². The molecule has 1 heterocycles. The van der Waals surface area contributed by atoms with Crippen LogP contribution < -0.4 is 0 Å². The number of fused-ring (bicyclic) bond motifs is 1. The summed E-state index contributed by atoms with van der Waals surface area (Å²) in [6, 6.07) is 8.60. The average Bonchev–Trinajstić information content (AvgIpc) is 2.56. The highest BCUT2D eigenvalue weighted by Crippen LogP contribution is 2.17. The van der Waals surface area contributed by atoms with Crippen molar-refractivity contribution in [1.29, 1.82) is 0 Å². The third kappa shape index (κ3) is 1.65. The Morgan fingerprint density at radius 1 is 1.36 bits per heavy atom. The Morgan fingerprint density at radius 2 is 2.21 bits per heavy atom. The third-order valence-electron chi connectivity index (χ3n) is 2.37. The van der Waals surface area contributed by atoms with Crippen LogP contribution >= 0.6 is 0 Å². The van der Waals surface area contributed by atoms with Crippen molar-refractivity contribution in [3.8, 4) is 12.3 Å². The Balaban J connectivity index is 2.37. The average molecular weight is 183 g/mol. The van der Waals surface area contributed by atoms with Crippen LogP contribution in [0, 0.1) is 19.3 Å². The number of aryl methyl sites for hydroxylation is 2. The van der Waals surface area contributed by atoms with Gasteiger partial charge >= 0.3 is 0 Å². The lowest BCUT2D eigenvalue weighted by Crippen LogP contribution is -1.81. The number of aromatic amines is 1. The lowest BCUT2D eigenvalue weighted by molar-refractivity contribution is 0.987. The summed E-state index contributed by atoms with van der Waals surface area (Å²) in [5.41, 5.74) is 3.71. The summed E-state index contributed by atoms with van der Waals surface area (Å²) in [5.74, 6) is 2.65. The van der Waals surface area contributed by atoms with Crippen molar-refractivity contribution in [3.63, 3.8) is 0 Å². The molecule has 0 atom stereocenters. The molecule has 0 aliphatic rings. The number of benzene rings is 1. The molecule has 0 bridgehead atoms. The minimum atomic E-state index is 0.797. The Hall–Kier alpha value is -1.68. The number of terminal acetylenes is 1. The minimum absolute atomic E-state index is 0.797. The van der Waals surface area contributed by atoms with E-state index in [9.17, 15) is 0 Å². The van der Waals surface area contributed by atoms with Gasteiger partial charge in [0.05, 0.1) is 0 Å². The second-order valence-electron chi connectivity index (χ2n) is 3.59. The van der Waals surface area contributed by atoms with E-state index in [1.165, 1.54) is 22.2 Å². The van der Waals surface area contributed by atoms with Gasteiger partial charge in [-0.05, 0) is 36.4 Å². The molecule has 0 aliphatic carbocycles. The molecule has 70 valence electrons. The molecule has 1 N–H and O–H groups in total. The quantitative estimate of drug-likeness (QED) is 0.689. The van der Waals surface area contributed by atoms with E-state index in [1.807, 2.05) is 0 Å². The Bertz CT molecular complexity index is 485. The maximum Gasteiger partial charge on any atom is 0.0458 e. The Labute approximate surface area is 84.1 Å². The molecule has 1 nitrogen and oxygen atoms in total. The summed E-state index contributed by atoms with van der Waals surface area (Å²) in [7, 11) is 0. The van der Waals surface area contributed by atoms with Gasteiger partial charge in [0.25, 0.3) is 0 Å². The predicted molar refractivity (Wildman–Crippen MR) is 60.2 cm³/mol. The van der Waals surface area contributed by atoms with E-state index >= 15 is 0 Å². The highest BCUT2D eigenvalue weighted by atomic mass is 14.7. The lowest BCUT2D eigenvalue weighted by atomic mass is 10.2. The monoisotopic (exact) mass is 183 g/mol. The SMILES string of the molecule is C#CCCc1cc2ccc(C)cc2[nH]1. The van der Waals surface area contributed by atoms with Crippen LogP contribution in [0.4, 0.5) is 0 Å². The van der Waals surface area contributed by atoms with E-state index in [1.54, 1.807) is 0 Å². The standard InChI is InChI=1S/C13H13N/c1-3-4-5-12-9-11-7-6-10(2)8-13(11)14-12/h1,6-9,14H,4-5H2,2H3. The van der Waals surface area contributed by atoms with Crippen molar-refractivity contribution in [2.75, 3.05) is 0 Å². The molecule has 1 aromatic carbocycles. The van der Waals surface area contributed by atoms with E-state index < -0.39 is 0 Å². The van der Waals surface area contributed by atoms with E-state index in [-0.39, 0.29) is 0 Å². The van der Waals surface area contributed by atoms with Gasteiger partial charge in [0, 0.05) is 17.6 Å². The van der Waals surface area contributed by atoms with E-state index in [0.717, 1.165) is 12.8 Å². The van der Waals surface area contributed by atoms with Crippen LogP contribution in [0.15, 0.2) is 24.3 Å². The fraction of sp³-hybridized carbons (Fsp3) is 0.231. The van der Waals surface area contributed by atoms with Gasteiger partial charge in [-0.2, -0.15) is 0 Å². The van der Waals surface area contributed by atoms with Gasteiger partial charge in [-0.1, -0.05) is 12.1 Å². The molecule has 0 unspecified atom stereocenters. The zero-order valence-corrected chi connectivity index (χ0v) is 8.30. The molecule has 0 spiro atoms. The van der Waals surface area contributed by atoms with E-state index in [4.69, 9.17) is 6.42 Å². The minimum Gasteiger partial charge on any atom is -0.358 e. The molecular weight excluding hydrogens is 170 g/mol. The van der Waals surface area contributed by atoms with Gasteiger partial charge in [0.2, 0.25) is 0 Å². The van der Waals surface area contributed by atoms with Crippen LogP contribution in [0.2, 0.25) is 0 Å². The van der Waals surface area contributed by atoms with Gasteiger partial charge < -0.3 is 4.98 Å². The van der Waals surface area contributed by atoms with Crippen molar-refractivity contribution in [2.24, 2.45) is 0 Å². The number of aromatic nitrogens is 1. The van der Waals surface area contributed by atoms with Crippen molar-refractivity contribution in [1.82, 2.24) is 4.98 Å². The van der Waals surface area contributed by atoms with Crippen LogP contribution in [0.3, 0.4) is 0 Å². The Morgan fingerprint density at radius 3 is 3.00 bits per heavy atom. The highest BCUT2D eigenvalue weighted by molar-refractivity contribution is 5.81. The van der Waals surface area contributed by atoms with Gasteiger partial charge in [0.1, 0.15) is 0 Å². The van der Waals surface area contributed by atoms with Crippen molar-refractivity contribution < 1.29 is 0 Å². The summed E-state index contributed by atoms with van der Waals surface area (Å²) in [4.78, 5) is 3.38. The zero-order chi connectivity index (χ0) is 9.97. The molecule has 0 saturated carbocycles. The molecule has 0 radical (unpaired) electrons. The van der Waals surface area contributed by atoms with E-state index in [2.05, 4.69) is 42.1 Å². The molecule has 1 aromatic heterocycles. The third-order valence-corrected chi connectivity index (χ3v) is 2.37. The number of H-pyrrole nitrogens is 1. The van der Waals surface area contributed by atoms with Crippen molar-refractivity contribution in [2.45, 2.75) is 19.8 Å². The summed E-state index contributed by atoms with van der Waals surface area (Å²) >= 11 is 0. The van der Waals surface area contributed by atoms with Gasteiger partial charge in [-0.15, -0.1) is 12.3 Å². The van der Waals surface area contributed by atoms with Crippen molar-refractivity contribution >= 4 is 10.9 Å². The van der Waals surface area contributed by atoms with E-state index in [0.29, 0.717) is 0 Å². The summed E-state index contributed by atoms with van der Waals surface area (Å²) < 4.78 is 0. The van der Waals surface area contributed by atoms with Crippen LogP contribution in [0.1, 0.15) is 17.7 Å². The first-order valence-corrected chi connectivity index (χ1v) is 4.81. The highest BCUT2D eigenvalue weighted by Gasteiger charge is 1.99. The molecule has 2 aromatic rings. The smallest absolute Gasteiger partial charge is 0.0458 e. The molecule has 0 amide bonds. The largest absolute Gasteiger partial charge is 0.358 e. The summed E-state index contributed by atoms with van der Waals surface area (Å²) in [6.07, 6.45) is 6.96. The molecular formula is C13H13N. The molecule has 14 heavy (non-hydrogen) atoms. The topological polar surface area (TPSA) is 15.8 Å². The summed E-state index contributed by atoms with van der Waals surface area (Å²) in [6.45, 7) is 2.10. The van der Waals surface area contributed by atoms with Crippen LogP contribution in [-0.4, -0.2) is 4.98 Å². The fourth-order valence-electron chi connectivity index (χ4n) is 1.64. The molecule has 2 rings (SSSR count). The number of hydrogen-bond donors (Lipinski definition) is 1. The maximum atomic E-state index is 5.23. The normalized spacial score (nSPS) is 10.3. The Kier molecular flexibility index (Phi) is 2.28. The second kappa shape index (κ2) is 3.59. The second-order valence-corrected chi connectivity index (χ2v) is 3.59. The number of rotatable bonds is 2. The van der Waals surface area contributed by atoms with Crippen LogP contribution in [0.5, 0.6) is 0 Å². The molecule has 0 saturated heterocycles. The zero-order valence-electron chi connectivity index (χ0n) is 8.30. The number of hydrogen-bond acceptors (Lipinski definition) is 0. The first kappa shape index (κ1) is 8.90. The molecule has 1 heteroatoms. The molecule has 0 aliphatic heterocycles. The number of nitrogens with one attached hydrogen (secondary N) is 1. The first-order valence-electron chi connectivity index (χ1n) is 4.81. The van der Waals surface area contributed by atoms with Gasteiger partial charge in [-0.25, -0.2) is 0 Å². The summed E-state index contributed by atoms with van der Waals surface area (Å²) in [5, 5.41) is 1.27. The van der Waals surface area contributed by atoms with Crippen LogP contribution in [-0.2, 0) is 6.42 Å².